The van der Waals surface area contributed by atoms with Crippen LogP contribution in [0.1, 0.15) is 58.4 Å². The van der Waals surface area contributed by atoms with Crippen molar-refractivity contribution < 1.29 is 0 Å². The van der Waals surface area contributed by atoms with Gasteiger partial charge in [0.15, 0.2) is 0 Å². The van der Waals surface area contributed by atoms with Crippen LogP contribution in [0.5, 0.6) is 0 Å². The van der Waals surface area contributed by atoms with Crippen LogP contribution in [0.25, 0.3) is 58.8 Å². The first-order chi connectivity index (χ1) is 27.4. The number of para-hydroxylation sites is 1. The Morgan fingerprint density at radius 1 is 0.411 bits per heavy atom. The van der Waals surface area contributed by atoms with E-state index in [2.05, 4.69) is 208 Å². The molecule has 1 aliphatic carbocycles. The van der Waals surface area contributed by atoms with E-state index in [1.54, 1.807) is 0 Å². The van der Waals surface area contributed by atoms with E-state index in [-0.39, 0.29) is 0 Å². The van der Waals surface area contributed by atoms with E-state index in [9.17, 15) is 0 Å². The summed E-state index contributed by atoms with van der Waals surface area (Å²) in [6, 6.07) is 66.2. The second-order valence-corrected chi connectivity index (χ2v) is 17.1. The van der Waals surface area contributed by atoms with E-state index in [0.29, 0.717) is 0 Å². The van der Waals surface area contributed by atoms with E-state index in [1.165, 1.54) is 103 Å². The highest BCUT2D eigenvalue weighted by atomic mass is 32.1. The molecule has 11 rings (SSSR count). The highest BCUT2D eigenvalue weighted by Crippen LogP contribution is 2.57. The van der Waals surface area contributed by atoms with Gasteiger partial charge in [0, 0.05) is 37.1 Å². The fourth-order valence-electron chi connectivity index (χ4n) is 10.2. The molecule has 56 heavy (non-hydrogen) atoms. The van der Waals surface area contributed by atoms with Crippen molar-refractivity contribution in [3.8, 4) is 16.8 Å². The molecule has 2 atom stereocenters. The number of aromatic nitrogens is 1. The van der Waals surface area contributed by atoms with Crippen molar-refractivity contribution in [2.75, 3.05) is 0 Å². The molecule has 0 fully saturated rings. The Hall–Kier alpha value is -6.22. The topological polar surface area (TPSA) is 4.93 Å². The average Bonchev–Trinajstić information content (AvgIpc) is 3.79. The minimum Gasteiger partial charge on any atom is -0.308 e. The molecule has 0 spiro atoms. The van der Waals surface area contributed by atoms with Crippen LogP contribution in [0.2, 0.25) is 0 Å². The second-order valence-electron chi connectivity index (χ2n) is 16.0. The quantitative estimate of drug-likeness (QED) is 0.170. The maximum Gasteiger partial charge on any atom is 0.0640 e. The van der Waals surface area contributed by atoms with Gasteiger partial charge in [-0.05, 0) is 120 Å². The van der Waals surface area contributed by atoms with Crippen molar-refractivity contribution in [1.82, 2.24) is 4.57 Å². The lowest BCUT2D eigenvalue weighted by Gasteiger charge is -2.48. The Kier molecular flexibility index (Phi) is 7.18. The summed E-state index contributed by atoms with van der Waals surface area (Å²) in [6.07, 6.45) is 0. The van der Waals surface area contributed by atoms with Gasteiger partial charge in [-0.1, -0.05) is 140 Å². The van der Waals surface area contributed by atoms with Gasteiger partial charge in [-0.25, -0.2) is 0 Å². The SMILES string of the molecule is Cc1ccccc1-c1cc2c(cc1C)C(C)(c1ccccc1)c1cc3c4ccccc4n(-c4cccc5c4sc4ccccc45)c3cc1C2(C)c1ccccc1. The molecule has 0 aliphatic heterocycles. The molecule has 0 radical (unpaired) electrons. The molecule has 10 aromatic rings. The van der Waals surface area contributed by atoms with Crippen LogP contribution in [0.15, 0.2) is 176 Å². The van der Waals surface area contributed by atoms with Gasteiger partial charge in [-0.2, -0.15) is 0 Å². The molecule has 2 heteroatoms. The Morgan fingerprint density at radius 3 is 1.71 bits per heavy atom. The van der Waals surface area contributed by atoms with Crippen LogP contribution in [-0.2, 0) is 10.8 Å². The van der Waals surface area contributed by atoms with Crippen LogP contribution in [0.3, 0.4) is 0 Å². The van der Waals surface area contributed by atoms with Gasteiger partial charge in [0.25, 0.3) is 0 Å². The van der Waals surface area contributed by atoms with Gasteiger partial charge in [-0.15, -0.1) is 11.3 Å². The monoisotopic (exact) mass is 735 g/mol. The second kappa shape index (κ2) is 12.1. The zero-order valence-electron chi connectivity index (χ0n) is 32.1. The van der Waals surface area contributed by atoms with E-state index in [0.717, 1.165) is 0 Å². The molecule has 0 bridgehead atoms. The molecular weight excluding hydrogens is 695 g/mol. The molecule has 1 aliphatic rings. The van der Waals surface area contributed by atoms with Gasteiger partial charge in [0.1, 0.15) is 0 Å². The third-order valence-corrected chi connectivity index (χ3v) is 14.3. The lowest BCUT2D eigenvalue weighted by Crippen LogP contribution is -2.41. The molecule has 8 aromatic carbocycles. The molecule has 2 unspecified atom stereocenters. The minimum absolute atomic E-state index is 0.419. The molecule has 2 heterocycles. The molecule has 1 nitrogen and oxygen atoms in total. The van der Waals surface area contributed by atoms with Crippen LogP contribution >= 0.6 is 11.3 Å². The van der Waals surface area contributed by atoms with Crippen LogP contribution in [0, 0.1) is 13.8 Å². The average molecular weight is 736 g/mol. The first-order valence-corrected chi connectivity index (χ1v) is 20.5. The number of benzene rings is 8. The summed E-state index contributed by atoms with van der Waals surface area (Å²) in [6.45, 7) is 9.49. The van der Waals surface area contributed by atoms with Crippen LogP contribution < -0.4 is 0 Å². The van der Waals surface area contributed by atoms with Gasteiger partial charge in [0.05, 0.1) is 21.4 Å². The lowest BCUT2D eigenvalue weighted by atomic mass is 9.54. The van der Waals surface area contributed by atoms with Crippen LogP contribution in [0.4, 0.5) is 0 Å². The third kappa shape index (κ3) is 4.48. The van der Waals surface area contributed by atoms with E-state index in [4.69, 9.17) is 0 Å². The Balaban J connectivity index is 1.31. The molecular formula is C54H41NS. The molecule has 2 aromatic heterocycles. The Bertz CT molecular complexity index is 3180. The van der Waals surface area contributed by atoms with Crippen LogP contribution in [-0.4, -0.2) is 4.57 Å². The zero-order valence-corrected chi connectivity index (χ0v) is 32.9. The maximum atomic E-state index is 2.57. The summed E-state index contributed by atoms with van der Waals surface area (Å²) in [7, 11) is 0. The number of fused-ring (bicyclic) bond motifs is 8. The summed E-state index contributed by atoms with van der Waals surface area (Å²) in [5.41, 5.74) is 16.1. The van der Waals surface area contributed by atoms with Crippen molar-refractivity contribution in [3.05, 3.63) is 220 Å². The van der Waals surface area contributed by atoms with Crippen molar-refractivity contribution >= 4 is 53.3 Å². The van der Waals surface area contributed by atoms with E-state index >= 15 is 0 Å². The Labute approximate surface area is 332 Å². The van der Waals surface area contributed by atoms with Crippen molar-refractivity contribution in [2.45, 2.75) is 38.5 Å². The largest absolute Gasteiger partial charge is 0.308 e. The number of hydrogen-bond donors (Lipinski definition) is 0. The number of aryl methyl sites for hydroxylation is 2. The number of nitrogens with zero attached hydrogens (tertiary/aromatic N) is 1. The third-order valence-electron chi connectivity index (χ3n) is 13.1. The molecule has 0 amide bonds. The summed E-state index contributed by atoms with van der Waals surface area (Å²) >= 11 is 1.90. The summed E-state index contributed by atoms with van der Waals surface area (Å²) in [4.78, 5) is 0. The van der Waals surface area contributed by atoms with Crippen molar-refractivity contribution in [3.63, 3.8) is 0 Å². The minimum atomic E-state index is -0.454. The number of hydrogen-bond acceptors (Lipinski definition) is 1. The molecule has 268 valence electrons. The van der Waals surface area contributed by atoms with E-state index < -0.39 is 10.8 Å². The summed E-state index contributed by atoms with van der Waals surface area (Å²) < 4.78 is 5.19. The van der Waals surface area contributed by atoms with Gasteiger partial charge in [-0.3, -0.25) is 0 Å². The van der Waals surface area contributed by atoms with Crippen molar-refractivity contribution in [2.24, 2.45) is 0 Å². The zero-order chi connectivity index (χ0) is 37.8. The molecule has 0 saturated heterocycles. The first-order valence-electron chi connectivity index (χ1n) is 19.7. The van der Waals surface area contributed by atoms with Gasteiger partial charge < -0.3 is 4.57 Å². The normalized spacial score (nSPS) is 17.8. The fraction of sp³-hybridized carbons (Fsp3) is 0.111. The Morgan fingerprint density at radius 2 is 0.982 bits per heavy atom. The predicted octanol–water partition coefficient (Wildman–Crippen LogP) is 14.5. The predicted molar refractivity (Wildman–Crippen MR) is 239 cm³/mol. The smallest absolute Gasteiger partial charge is 0.0640 e. The first kappa shape index (κ1) is 33.1. The summed E-state index contributed by atoms with van der Waals surface area (Å²) in [5, 5.41) is 5.19. The number of thiophene rings is 1. The highest BCUT2D eigenvalue weighted by Gasteiger charge is 2.49. The van der Waals surface area contributed by atoms with Gasteiger partial charge in [0.2, 0.25) is 0 Å². The highest BCUT2D eigenvalue weighted by molar-refractivity contribution is 7.26. The maximum absolute atomic E-state index is 2.57. The van der Waals surface area contributed by atoms with Gasteiger partial charge >= 0.3 is 0 Å². The summed E-state index contributed by atoms with van der Waals surface area (Å²) in [5.74, 6) is 0. The lowest BCUT2D eigenvalue weighted by molar-refractivity contribution is 0.568. The fourth-order valence-corrected chi connectivity index (χ4v) is 11.4. The van der Waals surface area contributed by atoms with E-state index in [1.807, 2.05) is 11.3 Å². The number of rotatable bonds is 4. The molecule has 0 saturated carbocycles. The van der Waals surface area contributed by atoms with Crippen molar-refractivity contribution in [1.29, 1.82) is 0 Å². The molecule has 0 N–H and O–H groups in total. The standard InChI is InChI=1S/C54H41NS/c1-34-18-11-12-23-38(34)42-31-45-44(30-35(42)2)53(3,36-19-7-5-8-20-36)46-32-43-39-24-13-15-27-48(39)55(50(43)33-47(46)54(45,4)37-21-9-6-10-22-37)49-28-17-26-41-40-25-14-16-29-51(40)56-52(41)49/h5-33H,1-4H3.